The fourth-order valence-corrected chi connectivity index (χ4v) is 4.80. The first-order chi connectivity index (χ1) is 16.4. The molecule has 0 bridgehead atoms. The van der Waals surface area contributed by atoms with Crippen molar-refractivity contribution in [1.29, 1.82) is 0 Å². The largest absolute Gasteiger partial charge is 0.466 e. The van der Waals surface area contributed by atoms with Gasteiger partial charge in [0.1, 0.15) is 48.8 Å². The molecule has 2 aliphatic rings. The highest BCUT2D eigenvalue weighted by molar-refractivity contribution is 8.01. The van der Waals surface area contributed by atoms with Crippen molar-refractivity contribution in [3.63, 3.8) is 0 Å². The molecule has 0 radical (unpaired) electrons. The van der Waals surface area contributed by atoms with E-state index in [9.17, 15) is 40.2 Å². The van der Waals surface area contributed by atoms with Gasteiger partial charge in [-0.05, 0) is 12.7 Å². The molecule has 1 unspecified atom stereocenters. The summed E-state index contributed by atoms with van der Waals surface area (Å²) in [5.74, 6) is -0.884. The molecule has 2 heterocycles. The van der Waals surface area contributed by atoms with E-state index in [1.807, 2.05) is 0 Å². The number of hydrogen-bond donors (Lipinski definition) is 7. The molecule has 204 valence electrons. The van der Waals surface area contributed by atoms with Crippen LogP contribution >= 0.6 is 11.8 Å². The fraction of sp³-hybridized carbons (Fsp3) is 0.900. The van der Waals surface area contributed by atoms with Crippen molar-refractivity contribution in [2.45, 2.75) is 87.1 Å². The van der Waals surface area contributed by atoms with Gasteiger partial charge in [-0.1, -0.05) is 6.92 Å². The van der Waals surface area contributed by atoms with Gasteiger partial charge in [-0.15, -0.1) is 11.8 Å². The van der Waals surface area contributed by atoms with Crippen molar-refractivity contribution in [3.05, 3.63) is 0 Å². The summed E-state index contributed by atoms with van der Waals surface area (Å²) < 4.78 is 27.3. The van der Waals surface area contributed by atoms with Crippen LogP contribution in [0.25, 0.3) is 0 Å². The Kier molecular flexibility index (Phi) is 11.1. The normalized spacial score (nSPS) is 39.5. The number of esters is 1. The van der Waals surface area contributed by atoms with E-state index >= 15 is 0 Å². The maximum atomic E-state index is 12.4. The Labute approximate surface area is 206 Å². The number of thioether (sulfide) groups is 1. The molecule has 15 heteroatoms. The van der Waals surface area contributed by atoms with E-state index in [2.05, 4.69) is 5.32 Å². The van der Waals surface area contributed by atoms with Gasteiger partial charge in [-0.2, -0.15) is 0 Å². The Morgan fingerprint density at radius 1 is 0.971 bits per heavy atom. The lowest BCUT2D eigenvalue weighted by Crippen LogP contribution is -2.68. The number of methoxy groups -OCH3 is 1. The van der Waals surface area contributed by atoms with E-state index in [1.165, 1.54) is 21.0 Å². The van der Waals surface area contributed by atoms with Crippen molar-refractivity contribution in [2.24, 2.45) is 0 Å². The van der Waals surface area contributed by atoms with Gasteiger partial charge in [0.25, 0.3) is 0 Å². The lowest BCUT2D eigenvalue weighted by Gasteiger charge is -2.48. The molecule has 14 nitrogen and oxygen atoms in total. The molecule has 11 atom stereocenters. The van der Waals surface area contributed by atoms with E-state index in [1.54, 1.807) is 6.92 Å². The second-order valence-electron chi connectivity index (χ2n) is 8.23. The molecule has 0 aromatic rings. The van der Waals surface area contributed by atoms with Crippen LogP contribution in [0.3, 0.4) is 0 Å². The van der Waals surface area contributed by atoms with Gasteiger partial charge in [0, 0.05) is 6.92 Å². The standard InChI is InChI=1S/C20H35NO13S/c1-5-35-20(3,19(29)30-4)34-17-11(21-8(2)24)13(26)16(10(7-23)32-17)33-18-15(28)14(27)12(25)9(6-22)31-18/h9-18,22-23,25-28H,5-7H2,1-4H3,(H,21,24)/t9-,10-,11-,12+,13-,14+,15-,16-,17+,18+,20?/m1/s1. The maximum absolute atomic E-state index is 12.4. The number of carbonyl (C=O) groups excluding carboxylic acids is 2. The summed E-state index contributed by atoms with van der Waals surface area (Å²) in [5, 5.41) is 63.1. The lowest BCUT2D eigenvalue weighted by molar-refractivity contribution is -0.351. The lowest BCUT2D eigenvalue weighted by atomic mass is 9.95. The fourth-order valence-electron chi connectivity index (χ4n) is 3.88. The number of rotatable bonds is 10. The Hall–Kier alpha value is -1.11. The number of carbonyl (C=O) groups is 2. The molecule has 0 aromatic heterocycles. The highest BCUT2D eigenvalue weighted by atomic mass is 32.2. The molecule has 0 aromatic carbocycles. The van der Waals surface area contributed by atoms with Crippen molar-refractivity contribution < 1.29 is 63.9 Å². The van der Waals surface area contributed by atoms with Crippen LogP contribution in [0.4, 0.5) is 0 Å². The second-order valence-corrected chi connectivity index (χ2v) is 9.87. The molecular formula is C20H35NO13S. The molecule has 2 aliphatic heterocycles. The van der Waals surface area contributed by atoms with Crippen molar-refractivity contribution in [2.75, 3.05) is 26.1 Å². The third-order valence-corrected chi connectivity index (χ3v) is 6.78. The second kappa shape index (κ2) is 12.9. The Morgan fingerprint density at radius 2 is 1.57 bits per heavy atom. The average molecular weight is 530 g/mol. The molecule has 1 amide bonds. The molecule has 35 heavy (non-hydrogen) atoms. The predicted molar refractivity (Wildman–Crippen MR) is 118 cm³/mol. The molecule has 2 fully saturated rings. The highest BCUT2D eigenvalue weighted by Gasteiger charge is 2.53. The average Bonchev–Trinajstić information content (AvgIpc) is 2.82. The number of nitrogens with one attached hydrogen (secondary N) is 1. The van der Waals surface area contributed by atoms with Crippen LogP contribution in [0, 0.1) is 0 Å². The Balaban J connectivity index is 2.32. The van der Waals surface area contributed by atoms with E-state index in [-0.39, 0.29) is 0 Å². The summed E-state index contributed by atoms with van der Waals surface area (Å²) in [7, 11) is 1.17. The Morgan fingerprint density at radius 3 is 2.09 bits per heavy atom. The van der Waals surface area contributed by atoms with E-state index in [4.69, 9.17) is 23.7 Å². The summed E-state index contributed by atoms with van der Waals surface area (Å²) in [5.41, 5.74) is 0. The number of hydrogen-bond acceptors (Lipinski definition) is 14. The molecule has 2 rings (SSSR count). The van der Waals surface area contributed by atoms with Crippen molar-refractivity contribution >= 4 is 23.6 Å². The molecule has 0 spiro atoms. The van der Waals surface area contributed by atoms with Crippen LogP contribution in [0.2, 0.25) is 0 Å². The predicted octanol–water partition coefficient (Wildman–Crippen LogP) is -3.59. The zero-order valence-corrected chi connectivity index (χ0v) is 20.7. The first kappa shape index (κ1) is 30.1. The molecule has 7 N–H and O–H groups in total. The quantitative estimate of drug-likeness (QED) is 0.108. The first-order valence-electron chi connectivity index (χ1n) is 11.0. The van der Waals surface area contributed by atoms with Gasteiger partial charge in [0.2, 0.25) is 10.8 Å². The highest BCUT2D eigenvalue weighted by Crippen LogP contribution is 2.35. The van der Waals surface area contributed by atoms with Crippen molar-refractivity contribution in [3.8, 4) is 0 Å². The van der Waals surface area contributed by atoms with Crippen molar-refractivity contribution in [1.82, 2.24) is 5.32 Å². The third-order valence-electron chi connectivity index (χ3n) is 5.68. The topological polar surface area (TPSA) is 214 Å². The monoisotopic (exact) mass is 529 g/mol. The summed E-state index contributed by atoms with van der Waals surface area (Å²) >= 11 is 1.08. The molecular weight excluding hydrogens is 494 g/mol. The van der Waals surface area contributed by atoms with E-state index in [0.29, 0.717) is 5.75 Å². The first-order valence-corrected chi connectivity index (χ1v) is 12.0. The SMILES string of the molecule is CCSC(C)(O[C@@H]1O[C@H](CO)[C@@H](O[C@@H]2O[C@H](CO)[C@H](O)[C@H](O)[C@H]2O)[C@H](O)[C@H]1NC(C)=O)C(=O)OC. The molecule has 0 saturated carbocycles. The van der Waals surface area contributed by atoms with Gasteiger partial charge in [0.15, 0.2) is 12.6 Å². The van der Waals surface area contributed by atoms with Crippen LogP contribution in [0.5, 0.6) is 0 Å². The minimum Gasteiger partial charge on any atom is -0.466 e. The summed E-state index contributed by atoms with van der Waals surface area (Å²) in [6.07, 6.45) is -13.9. The van der Waals surface area contributed by atoms with E-state index < -0.39 is 91.4 Å². The minimum absolute atomic E-state index is 0.442. The molecule has 2 saturated heterocycles. The van der Waals surface area contributed by atoms with Gasteiger partial charge in [-0.25, -0.2) is 4.79 Å². The van der Waals surface area contributed by atoms with Gasteiger partial charge < -0.3 is 59.6 Å². The van der Waals surface area contributed by atoms with Crippen LogP contribution in [-0.4, -0.2) is 135 Å². The zero-order valence-electron chi connectivity index (χ0n) is 19.8. The van der Waals surface area contributed by atoms with Gasteiger partial charge in [-0.3, -0.25) is 4.79 Å². The number of aliphatic hydroxyl groups excluding tert-OH is 6. The minimum atomic E-state index is -1.78. The van der Waals surface area contributed by atoms with Crippen LogP contribution in [-0.2, 0) is 33.3 Å². The van der Waals surface area contributed by atoms with Crippen LogP contribution in [0.15, 0.2) is 0 Å². The smallest absolute Gasteiger partial charge is 0.348 e. The molecule has 0 aliphatic carbocycles. The third kappa shape index (κ3) is 6.81. The summed E-state index contributed by atoms with van der Waals surface area (Å²) in [4.78, 5) is 22.7. The number of ether oxygens (including phenoxy) is 5. The van der Waals surface area contributed by atoms with Crippen LogP contribution < -0.4 is 5.32 Å². The zero-order chi connectivity index (χ0) is 26.5. The number of aliphatic hydroxyl groups is 6. The van der Waals surface area contributed by atoms with Crippen LogP contribution in [0.1, 0.15) is 20.8 Å². The van der Waals surface area contributed by atoms with Gasteiger partial charge >= 0.3 is 5.97 Å². The van der Waals surface area contributed by atoms with E-state index in [0.717, 1.165) is 11.8 Å². The Bertz CT molecular complexity index is 715. The summed E-state index contributed by atoms with van der Waals surface area (Å²) in [6.45, 7) is 2.96. The van der Waals surface area contributed by atoms with Gasteiger partial charge in [0.05, 0.1) is 20.3 Å². The summed E-state index contributed by atoms with van der Waals surface area (Å²) in [6, 6.07) is -1.31. The number of amides is 1. The maximum Gasteiger partial charge on any atom is 0.348 e.